The Morgan fingerprint density at radius 3 is 2.40 bits per heavy atom. The Hall–Kier alpha value is -2.49. The summed E-state index contributed by atoms with van der Waals surface area (Å²) in [5, 5.41) is 8.88. The van der Waals surface area contributed by atoms with Crippen molar-refractivity contribution in [1.29, 1.82) is 0 Å². The van der Waals surface area contributed by atoms with Gasteiger partial charge in [0.2, 0.25) is 0 Å². The number of halogens is 1. The number of aryl methyl sites for hydroxylation is 1. The number of ketones is 1. The van der Waals surface area contributed by atoms with E-state index in [-0.39, 0.29) is 23.6 Å². The van der Waals surface area contributed by atoms with Crippen LogP contribution in [0.5, 0.6) is 0 Å². The van der Waals surface area contributed by atoms with Crippen molar-refractivity contribution >= 4 is 11.8 Å². The predicted octanol–water partition coefficient (Wildman–Crippen LogP) is 3.34. The van der Waals surface area contributed by atoms with Gasteiger partial charge in [-0.15, -0.1) is 0 Å². The maximum atomic E-state index is 13.0. The molecular weight excluding hydrogens is 259 g/mol. The van der Waals surface area contributed by atoms with Gasteiger partial charge < -0.3 is 5.11 Å². The molecule has 20 heavy (non-hydrogen) atoms. The van der Waals surface area contributed by atoms with Gasteiger partial charge in [-0.3, -0.25) is 4.79 Å². The Morgan fingerprint density at radius 1 is 1.00 bits per heavy atom. The van der Waals surface area contributed by atoms with Gasteiger partial charge in [-0.25, -0.2) is 9.18 Å². The third-order valence-corrected chi connectivity index (χ3v) is 2.96. The Bertz CT molecular complexity index is 650. The van der Waals surface area contributed by atoms with E-state index in [0.717, 1.165) is 5.56 Å². The molecule has 0 atom stereocenters. The zero-order chi connectivity index (χ0) is 14.5. The lowest BCUT2D eigenvalue weighted by Crippen LogP contribution is -2.04. The monoisotopic (exact) mass is 272 g/mol. The van der Waals surface area contributed by atoms with Gasteiger partial charge in [0.25, 0.3) is 0 Å². The minimum Gasteiger partial charge on any atom is -0.478 e. The van der Waals surface area contributed by atoms with Gasteiger partial charge >= 0.3 is 5.97 Å². The average molecular weight is 272 g/mol. The molecule has 0 radical (unpaired) electrons. The maximum Gasteiger partial charge on any atom is 0.335 e. The van der Waals surface area contributed by atoms with E-state index in [1.54, 1.807) is 24.3 Å². The SMILES string of the molecule is O=C(O)c1cccc(C(=O)CCc2cccc(F)c2)c1. The largest absolute Gasteiger partial charge is 0.478 e. The molecule has 4 heteroatoms. The molecule has 0 saturated heterocycles. The highest BCUT2D eigenvalue weighted by Gasteiger charge is 2.09. The van der Waals surface area contributed by atoms with E-state index in [1.165, 1.54) is 24.3 Å². The molecule has 0 aromatic heterocycles. The predicted molar refractivity (Wildman–Crippen MR) is 72.5 cm³/mol. The molecule has 0 unspecified atom stereocenters. The van der Waals surface area contributed by atoms with Gasteiger partial charge in [-0.05, 0) is 36.2 Å². The summed E-state index contributed by atoms with van der Waals surface area (Å²) >= 11 is 0. The van der Waals surface area contributed by atoms with Crippen molar-refractivity contribution in [3.05, 3.63) is 71.0 Å². The van der Waals surface area contributed by atoms with E-state index in [2.05, 4.69) is 0 Å². The van der Waals surface area contributed by atoms with E-state index in [1.807, 2.05) is 0 Å². The van der Waals surface area contributed by atoms with Crippen molar-refractivity contribution in [2.45, 2.75) is 12.8 Å². The van der Waals surface area contributed by atoms with Crippen LogP contribution >= 0.6 is 0 Å². The fourth-order valence-corrected chi connectivity index (χ4v) is 1.92. The Kier molecular flexibility index (Phi) is 4.25. The van der Waals surface area contributed by atoms with E-state index in [4.69, 9.17) is 5.11 Å². The van der Waals surface area contributed by atoms with Crippen LogP contribution in [0.25, 0.3) is 0 Å². The summed E-state index contributed by atoms with van der Waals surface area (Å²) < 4.78 is 13.0. The first-order valence-corrected chi connectivity index (χ1v) is 6.17. The molecule has 1 N–H and O–H groups in total. The van der Waals surface area contributed by atoms with E-state index < -0.39 is 5.97 Å². The molecule has 0 aliphatic rings. The molecule has 0 amide bonds. The van der Waals surface area contributed by atoms with E-state index in [0.29, 0.717) is 12.0 Å². The molecule has 0 aliphatic carbocycles. The molecule has 0 aliphatic heterocycles. The first-order chi connectivity index (χ1) is 9.56. The summed E-state index contributed by atoms with van der Waals surface area (Å²) in [6.45, 7) is 0. The molecule has 3 nitrogen and oxygen atoms in total. The Morgan fingerprint density at radius 2 is 1.70 bits per heavy atom. The fraction of sp³-hybridized carbons (Fsp3) is 0.125. The van der Waals surface area contributed by atoms with Crippen LogP contribution in [-0.4, -0.2) is 16.9 Å². The van der Waals surface area contributed by atoms with Crippen molar-refractivity contribution in [2.24, 2.45) is 0 Å². The standard InChI is InChI=1S/C16H13FO3/c17-14-6-1-3-11(9-14)7-8-15(18)12-4-2-5-13(10-12)16(19)20/h1-6,9-10H,7-8H2,(H,19,20). The van der Waals surface area contributed by atoms with Crippen molar-refractivity contribution in [1.82, 2.24) is 0 Å². The normalized spacial score (nSPS) is 10.2. The first-order valence-electron chi connectivity index (χ1n) is 6.17. The highest BCUT2D eigenvalue weighted by molar-refractivity contribution is 5.98. The van der Waals surface area contributed by atoms with Crippen LogP contribution in [0.4, 0.5) is 4.39 Å². The summed E-state index contributed by atoms with van der Waals surface area (Å²) in [6, 6.07) is 12.0. The van der Waals surface area contributed by atoms with Crippen molar-refractivity contribution in [3.8, 4) is 0 Å². The lowest BCUT2D eigenvalue weighted by Gasteiger charge is -2.03. The van der Waals surface area contributed by atoms with Gasteiger partial charge in [-0.2, -0.15) is 0 Å². The summed E-state index contributed by atoms with van der Waals surface area (Å²) in [7, 11) is 0. The molecule has 0 spiro atoms. The summed E-state index contributed by atoms with van der Waals surface area (Å²) in [6.07, 6.45) is 0.639. The Labute approximate surface area is 115 Å². The topological polar surface area (TPSA) is 54.4 Å². The number of rotatable bonds is 5. The number of hydrogen-bond donors (Lipinski definition) is 1. The van der Waals surface area contributed by atoms with E-state index in [9.17, 15) is 14.0 Å². The highest BCUT2D eigenvalue weighted by Crippen LogP contribution is 2.12. The second kappa shape index (κ2) is 6.10. The number of aromatic carboxylic acids is 1. The zero-order valence-corrected chi connectivity index (χ0v) is 10.7. The number of Topliss-reactive ketones (excluding diaryl/α,β-unsaturated/α-hetero) is 1. The third-order valence-electron chi connectivity index (χ3n) is 2.96. The number of hydrogen-bond acceptors (Lipinski definition) is 2. The van der Waals surface area contributed by atoms with Crippen LogP contribution in [0.3, 0.4) is 0 Å². The number of carbonyl (C=O) groups excluding carboxylic acids is 1. The number of carbonyl (C=O) groups is 2. The number of benzene rings is 2. The second-order valence-corrected chi connectivity index (χ2v) is 4.44. The Balaban J connectivity index is 2.05. The lowest BCUT2D eigenvalue weighted by molar-refractivity contribution is 0.0697. The van der Waals surface area contributed by atoms with Crippen LogP contribution < -0.4 is 0 Å². The molecule has 0 heterocycles. The second-order valence-electron chi connectivity index (χ2n) is 4.44. The fourth-order valence-electron chi connectivity index (χ4n) is 1.92. The zero-order valence-electron chi connectivity index (χ0n) is 10.7. The lowest BCUT2D eigenvalue weighted by atomic mass is 10.0. The summed E-state index contributed by atoms with van der Waals surface area (Å²) in [5.41, 5.74) is 1.19. The number of carboxylic acids is 1. The van der Waals surface area contributed by atoms with Gasteiger partial charge in [0, 0.05) is 12.0 Å². The van der Waals surface area contributed by atoms with Crippen molar-refractivity contribution in [3.63, 3.8) is 0 Å². The molecule has 102 valence electrons. The molecular formula is C16H13FO3. The molecule has 0 bridgehead atoms. The smallest absolute Gasteiger partial charge is 0.335 e. The van der Waals surface area contributed by atoms with E-state index >= 15 is 0 Å². The maximum absolute atomic E-state index is 13.0. The van der Waals surface area contributed by atoms with Crippen molar-refractivity contribution < 1.29 is 19.1 Å². The minimum atomic E-state index is -1.07. The number of carboxylic acid groups (broad SMARTS) is 1. The van der Waals surface area contributed by atoms with Crippen LogP contribution in [0.2, 0.25) is 0 Å². The van der Waals surface area contributed by atoms with Gasteiger partial charge in [0.1, 0.15) is 5.82 Å². The van der Waals surface area contributed by atoms with Crippen LogP contribution in [-0.2, 0) is 6.42 Å². The quantitative estimate of drug-likeness (QED) is 0.849. The van der Waals surface area contributed by atoms with Gasteiger partial charge in [0.05, 0.1) is 5.56 Å². The minimum absolute atomic E-state index is 0.0848. The summed E-state index contributed by atoms with van der Waals surface area (Å²) in [4.78, 5) is 22.8. The van der Waals surface area contributed by atoms with Crippen LogP contribution in [0.1, 0.15) is 32.7 Å². The van der Waals surface area contributed by atoms with Crippen LogP contribution in [0.15, 0.2) is 48.5 Å². The average Bonchev–Trinajstić information content (AvgIpc) is 2.45. The van der Waals surface area contributed by atoms with Crippen LogP contribution in [0, 0.1) is 5.82 Å². The third kappa shape index (κ3) is 3.51. The molecule has 2 rings (SSSR count). The molecule has 2 aromatic carbocycles. The van der Waals surface area contributed by atoms with Gasteiger partial charge in [0.15, 0.2) is 5.78 Å². The first kappa shape index (κ1) is 13.9. The highest BCUT2D eigenvalue weighted by atomic mass is 19.1. The molecule has 0 saturated carbocycles. The molecule has 0 fully saturated rings. The van der Waals surface area contributed by atoms with Crippen molar-refractivity contribution in [2.75, 3.05) is 0 Å². The summed E-state index contributed by atoms with van der Waals surface area (Å²) in [5.74, 6) is -1.55. The molecule has 2 aromatic rings. The van der Waals surface area contributed by atoms with Gasteiger partial charge in [-0.1, -0.05) is 24.3 Å².